The molecule has 0 saturated heterocycles. The highest BCUT2D eigenvalue weighted by molar-refractivity contribution is 9.10. The summed E-state index contributed by atoms with van der Waals surface area (Å²) in [7, 11) is 0. The molecule has 0 N–H and O–H groups in total. The first-order valence-corrected chi connectivity index (χ1v) is 5.77. The van der Waals surface area contributed by atoms with Crippen LogP contribution in [0.1, 0.15) is 5.56 Å². The molecule has 0 atom stereocenters. The van der Waals surface area contributed by atoms with Gasteiger partial charge in [0.25, 0.3) is 0 Å². The van der Waals surface area contributed by atoms with Crippen molar-refractivity contribution in [3.05, 3.63) is 64.1 Å². The van der Waals surface area contributed by atoms with E-state index in [-0.39, 0.29) is 12.4 Å². The highest BCUT2D eigenvalue weighted by Gasteiger charge is 2.09. The van der Waals surface area contributed by atoms with Gasteiger partial charge in [-0.25, -0.2) is 8.78 Å². The number of hydrogen-bond donors (Lipinski definition) is 0. The summed E-state index contributed by atoms with van der Waals surface area (Å²) in [6, 6.07) is 11.0. The second kappa shape index (κ2) is 5.27. The lowest BCUT2D eigenvalue weighted by Gasteiger charge is -2.08. The molecule has 0 spiro atoms. The summed E-state index contributed by atoms with van der Waals surface area (Å²) in [6.07, 6.45) is 0. The van der Waals surface area contributed by atoms with Crippen LogP contribution in [0.4, 0.5) is 8.78 Å². The van der Waals surface area contributed by atoms with E-state index in [0.29, 0.717) is 0 Å². The predicted molar refractivity (Wildman–Crippen MR) is 64.8 cm³/mol. The Kier molecular flexibility index (Phi) is 3.74. The first-order valence-electron chi connectivity index (χ1n) is 4.98. The Balaban J connectivity index is 2.10. The van der Waals surface area contributed by atoms with Crippen molar-refractivity contribution in [3.63, 3.8) is 0 Å². The standard InChI is InChI=1S/C13H9BrF2O/c14-10-6-4-9(5-7-10)8-17-13-11(15)2-1-3-12(13)16/h1-7H,8H2. The average molecular weight is 299 g/mol. The van der Waals surface area contributed by atoms with Crippen molar-refractivity contribution in [2.24, 2.45) is 0 Å². The summed E-state index contributed by atoms with van der Waals surface area (Å²) < 4.78 is 32.6. The van der Waals surface area contributed by atoms with Gasteiger partial charge in [0.2, 0.25) is 0 Å². The molecule has 2 aromatic carbocycles. The van der Waals surface area contributed by atoms with Crippen molar-refractivity contribution in [1.29, 1.82) is 0 Å². The van der Waals surface area contributed by atoms with Crippen LogP contribution in [0, 0.1) is 11.6 Å². The lowest BCUT2D eigenvalue weighted by molar-refractivity contribution is 0.274. The molecule has 17 heavy (non-hydrogen) atoms. The van der Waals surface area contributed by atoms with Crippen LogP contribution in [0.5, 0.6) is 5.75 Å². The van der Waals surface area contributed by atoms with E-state index in [4.69, 9.17) is 4.74 Å². The van der Waals surface area contributed by atoms with E-state index in [2.05, 4.69) is 15.9 Å². The normalized spacial score (nSPS) is 10.3. The molecular weight excluding hydrogens is 290 g/mol. The summed E-state index contributed by atoms with van der Waals surface area (Å²) >= 11 is 3.30. The Morgan fingerprint density at radius 1 is 0.941 bits per heavy atom. The van der Waals surface area contributed by atoms with Gasteiger partial charge in [0.05, 0.1) is 0 Å². The molecule has 0 amide bonds. The smallest absolute Gasteiger partial charge is 0.191 e. The van der Waals surface area contributed by atoms with Crippen molar-refractivity contribution >= 4 is 15.9 Å². The molecule has 0 bridgehead atoms. The second-order valence-electron chi connectivity index (χ2n) is 3.47. The van der Waals surface area contributed by atoms with Gasteiger partial charge in [0.1, 0.15) is 6.61 Å². The van der Waals surface area contributed by atoms with Gasteiger partial charge in [-0.05, 0) is 29.8 Å². The van der Waals surface area contributed by atoms with Crippen LogP contribution in [-0.4, -0.2) is 0 Å². The van der Waals surface area contributed by atoms with Gasteiger partial charge in [-0.3, -0.25) is 0 Å². The van der Waals surface area contributed by atoms with Gasteiger partial charge in [-0.15, -0.1) is 0 Å². The van der Waals surface area contributed by atoms with Gasteiger partial charge in [-0.2, -0.15) is 0 Å². The van der Waals surface area contributed by atoms with Crippen LogP contribution < -0.4 is 4.74 Å². The first-order chi connectivity index (χ1) is 8.16. The Morgan fingerprint density at radius 2 is 1.53 bits per heavy atom. The second-order valence-corrected chi connectivity index (χ2v) is 4.38. The molecule has 2 rings (SSSR count). The van der Waals surface area contributed by atoms with E-state index in [1.165, 1.54) is 18.2 Å². The van der Waals surface area contributed by atoms with Crippen LogP contribution in [0.3, 0.4) is 0 Å². The monoisotopic (exact) mass is 298 g/mol. The molecule has 0 aromatic heterocycles. The van der Waals surface area contributed by atoms with Crippen molar-refractivity contribution in [2.75, 3.05) is 0 Å². The number of rotatable bonds is 3. The first kappa shape index (κ1) is 12.0. The van der Waals surface area contributed by atoms with Gasteiger partial charge >= 0.3 is 0 Å². The maximum Gasteiger partial charge on any atom is 0.191 e. The molecule has 88 valence electrons. The van der Waals surface area contributed by atoms with Gasteiger partial charge in [0, 0.05) is 4.47 Å². The number of ether oxygens (including phenoxy) is 1. The molecule has 4 heteroatoms. The zero-order valence-corrected chi connectivity index (χ0v) is 10.4. The molecule has 0 aliphatic carbocycles. The van der Waals surface area contributed by atoms with E-state index in [1.807, 2.05) is 24.3 Å². The lowest BCUT2D eigenvalue weighted by Crippen LogP contribution is -1.99. The topological polar surface area (TPSA) is 9.23 Å². The number of para-hydroxylation sites is 1. The fraction of sp³-hybridized carbons (Fsp3) is 0.0769. The van der Waals surface area contributed by atoms with Crippen LogP contribution >= 0.6 is 15.9 Å². The minimum Gasteiger partial charge on any atom is -0.483 e. The fourth-order valence-corrected chi connectivity index (χ4v) is 1.62. The number of hydrogen-bond acceptors (Lipinski definition) is 1. The average Bonchev–Trinajstić information content (AvgIpc) is 2.31. The highest BCUT2D eigenvalue weighted by atomic mass is 79.9. The maximum atomic E-state index is 13.2. The summed E-state index contributed by atoms with van der Waals surface area (Å²) in [5.41, 5.74) is 0.843. The van der Waals surface area contributed by atoms with Crippen molar-refractivity contribution in [1.82, 2.24) is 0 Å². The third-order valence-corrected chi connectivity index (χ3v) is 2.74. The quantitative estimate of drug-likeness (QED) is 0.820. The molecule has 2 aromatic rings. The van der Waals surface area contributed by atoms with Crippen molar-refractivity contribution in [3.8, 4) is 5.75 Å². The lowest BCUT2D eigenvalue weighted by atomic mass is 10.2. The maximum absolute atomic E-state index is 13.2. The van der Waals surface area contributed by atoms with E-state index in [0.717, 1.165) is 10.0 Å². The fourth-order valence-electron chi connectivity index (χ4n) is 1.36. The predicted octanol–water partition coefficient (Wildman–Crippen LogP) is 4.31. The minimum absolute atomic E-state index is 0.130. The Morgan fingerprint density at radius 3 is 2.12 bits per heavy atom. The molecule has 0 aliphatic rings. The molecule has 0 unspecified atom stereocenters. The van der Waals surface area contributed by atoms with E-state index in [1.54, 1.807) is 0 Å². The van der Waals surface area contributed by atoms with Gasteiger partial charge in [0.15, 0.2) is 17.4 Å². The molecule has 1 nitrogen and oxygen atoms in total. The summed E-state index contributed by atoms with van der Waals surface area (Å²) in [4.78, 5) is 0. The molecular formula is C13H9BrF2O. The summed E-state index contributed by atoms with van der Waals surface area (Å²) in [5, 5.41) is 0. The number of benzene rings is 2. The van der Waals surface area contributed by atoms with E-state index >= 15 is 0 Å². The largest absolute Gasteiger partial charge is 0.483 e. The van der Waals surface area contributed by atoms with Crippen LogP contribution in [0.25, 0.3) is 0 Å². The SMILES string of the molecule is Fc1cccc(F)c1OCc1ccc(Br)cc1. The minimum atomic E-state index is -0.692. The van der Waals surface area contributed by atoms with Crippen LogP contribution in [0.15, 0.2) is 46.9 Å². The zero-order chi connectivity index (χ0) is 12.3. The van der Waals surface area contributed by atoms with E-state index < -0.39 is 11.6 Å². The van der Waals surface area contributed by atoms with Crippen molar-refractivity contribution in [2.45, 2.75) is 6.61 Å². The van der Waals surface area contributed by atoms with Gasteiger partial charge < -0.3 is 4.74 Å². The zero-order valence-electron chi connectivity index (χ0n) is 8.79. The Hall–Kier alpha value is -1.42. The highest BCUT2D eigenvalue weighted by Crippen LogP contribution is 2.22. The van der Waals surface area contributed by atoms with Crippen molar-refractivity contribution < 1.29 is 13.5 Å². The molecule has 0 aliphatic heterocycles. The number of halogens is 3. The summed E-state index contributed by atoms with van der Waals surface area (Å²) in [5.74, 6) is -1.72. The molecule has 0 fully saturated rings. The molecule has 0 heterocycles. The molecule has 0 saturated carbocycles. The summed E-state index contributed by atoms with van der Waals surface area (Å²) in [6.45, 7) is 0.130. The van der Waals surface area contributed by atoms with Crippen LogP contribution in [0.2, 0.25) is 0 Å². The third kappa shape index (κ3) is 3.03. The third-order valence-electron chi connectivity index (χ3n) is 2.22. The molecule has 0 radical (unpaired) electrons. The Bertz CT molecular complexity index is 491. The van der Waals surface area contributed by atoms with Gasteiger partial charge in [-0.1, -0.05) is 34.1 Å². The van der Waals surface area contributed by atoms with E-state index in [9.17, 15) is 8.78 Å². The van der Waals surface area contributed by atoms with Crippen LogP contribution in [-0.2, 0) is 6.61 Å². The Labute approximate surface area is 106 Å².